The number of hydrogen-bond acceptors (Lipinski definition) is 5. The standard InChI is InChI=1S/C30H18N4OS2/c1-3-13-27-23(11-1)25-17-31-33(29(25)36-27)19-7-5-9-21(15-19)35-22-10-6-8-20(16-22)34-30-26(18-32-34)24-12-2-4-14-28(24)37-30/h1-18H. The molecular formula is C30H18N4OS2. The van der Waals surface area contributed by atoms with Crippen LogP contribution in [-0.4, -0.2) is 19.6 Å². The van der Waals surface area contributed by atoms with Gasteiger partial charge in [-0.05, 0) is 36.4 Å². The van der Waals surface area contributed by atoms with Crippen LogP contribution in [0.5, 0.6) is 11.5 Å². The van der Waals surface area contributed by atoms with E-state index in [1.54, 1.807) is 22.7 Å². The molecule has 176 valence electrons. The van der Waals surface area contributed by atoms with Crippen LogP contribution in [-0.2, 0) is 0 Å². The van der Waals surface area contributed by atoms with Gasteiger partial charge in [-0.1, -0.05) is 48.5 Å². The summed E-state index contributed by atoms with van der Waals surface area (Å²) in [5.41, 5.74) is 1.93. The normalized spacial score (nSPS) is 11.8. The second kappa shape index (κ2) is 8.03. The fourth-order valence-electron chi connectivity index (χ4n) is 4.87. The van der Waals surface area contributed by atoms with Crippen molar-refractivity contribution in [3.05, 3.63) is 109 Å². The van der Waals surface area contributed by atoms with Crippen LogP contribution in [0.2, 0.25) is 0 Å². The second-order valence-electron chi connectivity index (χ2n) is 8.84. The van der Waals surface area contributed by atoms with Gasteiger partial charge in [-0.25, -0.2) is 9.36 Å². The topological polar surface area (TPSA) is 44.9 Å². The van der Waals surface area contributed by atoms with Crippen molar-refractivity contribution in [1.82, 2.24) is 19.6 Å². The summed E-state index contributed by atoms with van der Waals surface area (Å²) in [5, 5.41) is 14.2. The molecule has 0 amide bonds. The molecule has 0 unspecified atom stereocenters. The third-order valence-electron chi connectivity index (χ3n) is 6.58. The van der Waals surface area contributed by atoms with Gasteiger partial charge in [-0.3, -0.25) is 0 Å². The molecule has 0 atom stereocenters. The van der Waals surface area contributed by atoms with Gasteiger partial charge >= 0.3 is 0 Å². The van der Waals surface area contributed by atoms with Crippen LogP contribution in [0.15, 0.2) is 109 Å². The number of aromatic nitrogens is 4. The zero-order valence-corrected chi connectivity index (χ0v) is 21.0. The first-order valence-electron chi connectivity index (χ1n) is 11.9. The summed E-state index contributed by atoms with van der Waals surface area (Å²) < 4.78 is 12.8. The predicted octanol–water partition coefficient (Wildman–Crippen LogP) is 8.59. The Labute approximate surface area is 219 Å². The van der Waals surface area contributed by atoms with Gasteiger partial charge in [0.2, 0.25) is 0 Å². The minimum absolute atomic E-state index is 0.756. The molecule has 0 spiro atoms. The van der Waals surface area contributed by atoms with E-state index in [9.17, 15) is 0 Å². The molecule has 37 heavy (non-hydrogen) atoms. The largest absolute Gasteiger partial charge is 0.457 e. The van der Waals surface area contributed by atoms with Gasteiger partial charge in [0.05, 0.1) is 23.8 Å². The third kappa shape index (κ3) is 3.28. The van der Waals surface area contributed by atoms with Crippen LogP contribution in [0.1, 0.15) is 0 Å². The molecular weight excluding hydrogens is 496 g/mol. The van der Waals surface area contributed by atoms with Gasteiger partial charge in [0.15, 0.2) is 0 Å². The van der Waals surface area contributed by atoms with Crippen molar-refractivity contribution in [2.75, 3.05) is 0 Å². The van der Waals surface area contributed by atoms with Crippen molar-refractivity contribution in [3.8, 4) is 22.9 Å². The molecule has 4 heterocycles. The first kappa shape index (κ1) is 20.7. The molecule has 0 radical (unpaired) electrons. The highest BCUT2D eigenvalue weighted by Crippen LogP contribution is 2.37. The summed E-state index contributed by atoms with van der Waals surface area (Å²) in [6.45, 7) is 0. The monoisotopic (exact) mass is 514 g/mol. The molecule has 4 aromatic carbocycles. The zero-order valence-electron chi connectivity index (χ0n) is 19.4. The van der Waals surface area contributed by atoms with Crippen molar-refractivity contribution in [2.24, 2.45) is 0 Å². The average Bonchev–Trinajstić information content (AvgIpc) is 3.69. The van der Waals surface area contributed by atoms with Crippen LogP contribution in [0.3, 0.4) is 0 Å². The van der Waals surface area contributed by atoms with E-state index in [0.29, 0.717) is 0 Å². The maximum Gasteiger partial charge on any atom is 0.129 e. The lowest BCUT2D eigenvalue weighted by Crippen LogP contribution is -1.97. The summed E-state index contributed by atoms with van der Waals surface area (Å²) in [7, 11) is 0. The first-order chi connectivity index (χ1) is 18.3. The Hall–Kier alpha value is -4.46. The van der Waals surface area contributed by atoms with E-state index in [4.69, 9.17) is 4.74 Å². The van der Waals surface area contributed by atoms with Crippen LogP contribution in [0, 0.1) is 0 Å². The van der Waals surface area contributed by atoms with Crippen LogP contribution in [0.4, 0.5) is 0 Å². The third-order valence-corrected chi connectivity index (χ3v) is 8.90. The van der Waals surface area contributed by atoms with E-state index in [2.05, 4.69) is 70.9 Å². The van der Waals surface area contributed by atoms with Gasteiger partial charge in [-0.15, -0.1) is 22.7 Å². The number of hydrogen-bond donors (Lipinski definition) is 0. The molecule has 8 rings (SSSR count). The summed E-state index contributed by atoms with van der Waals surface area (Å²) in [4.78, 5) is 2.26. The Kier molecular flexibility index (Phi) is 4.49. The molecule has 0 aliphatic heterocycles. The van der Waals surface area contributed by atoms with E-state index in [-0.39, 0.29) is 0 Å². The predicted molar refractivity (Wildman–Crippen MR) is 153 cm³/mol. The minimum Gasteiger partial charge on any atom is -0.457 e. The van der Waals surface area contributed by atoms with E-state index < -0.39 is 0 Å². The summed E-state index contributed by atoms with van der Waals surface area (Å²) in [5.74, 6) is 1.51. The average molecular weight is 515 g/mol. The van der Waals surface area contributed by atoms with Gasteiger partial charge in [0, 0.05) is 43.1 Å². The Morgan fingerprint density at radius 1 is 0.514 bits per heavy atom. The van der Waals surface area contributed by atoms with Crippen LogP contribution in [0.25, 0.3) is 52.0 Å². The highest BCUT2D eigenvalue weighted by molar-refractivity contribution is 7.25. The number of benzene rings is 4. The molecule has 0 bridgehead atoms. The van der Waals surface area contributed by atoms with Crippen molar-refractivity contribution >= 4 is 63.3 Å². The van der Waals surface area contributed by atoms with Gasteiger partial charge in [-0.2, -0.15) is 10.2 Å². The molecule has 0 aliphatic rings. The van der Waals surface area contributed by atoms with Crippen LogP contribution >= 0.6 is 22.7 Å². The van der Waals surface area contributed by atoms with Gasteiger partial charge < -0.3 is 4.74 Å². The van der Waals surface area contributed by atoms with Crippen molar-refractivity contribution in [3.63, 3.8) is 0 Å². The molecule has 8 aromatic rings. The van der Waals surface area contributed by atoms with E-state index in [0.717, 1.165) is 32.5 Å². The maximum absolute atomic E-state index is 6.32. The summed E-state index contributed by atoms with van der Waals surface area (Å²) in [6.07, 6.45) is 3.90. The van der Waals surface area contributed by atoms with Gasteiger partial charge in [0.25, 0.3) is 0 Å². The molecule has 0 saturated carbocycles. The fourth-order valence-corrected chi connectivity index (χ4v) is 7.18. The Bertz CT molecular complexity index is 1950. The Balaban J connectivity index is 1.15. The van der Waals surface area contributed by atoms with Gasteiger partial charge in [0.1, 0.15) is 21.2 Å². The fraction of sp³-hybridized carbons (Fsp3) is 0. The quantitative estimate of drug-likeness (QED) is 0.236. The zero-order chi connectivity index (χ0) is 24.3. The smallest absolute Gasteiger partial charge is 0.129 e. The van der Waals surface area contributed by atoms with Crippen molar-refractivity contribution in [1.29, 1.82) is 0 Å². The molecule has 0 fully saturated rings. The number of fused-ring (bicyclic) bond motifs is 6. The van der Waals surface area contributed by atoms with Crippen LogP contribution < -0.4 is 4.74 Å². The van der Waals surface area contributed by atoms with E-state index in [1.165, 1.54) is 30.9 Å². The molecule has 7 heteroatoms. The lowest BCUT2D eigenvalue weighted by molar-refractivity contribution is 0.482. The summed E-state index contributed by atoms with van der Waals surface area (Å²) in [6, 6.07) is 33.0. The Morgan fingerprint density at radius 3 is 1.51 bits per heavy atom. The lowest BCUT2D eigenvalue weighted by Gasteiger charge is -2.10. The number of thiophene rings is 2. The Morgan fingerprint density at radius 2 is 1.00 bits per heavy atom. The SMILES string of the molecule is c1cc(Oc2cccc(-n3ncc4c5ccccc5sc43)c2)cc(-n2ncc3c4ccccc4sc32)c1. The molecule has 0 N–H and O–H groups in total. The summed E-state index contributed by atoms with van der Waals surface area (Å²) >= 11 is 3.51. The second-order valence-corrected chi connectivity index (χ2v) is 10.9. The van der Waals surface area contributed by atoms with E-state index in [1.807, 2.05) is 58.2 Å². The number of rotatable bonds is 4. The first-order valence-corrected chi connectivity index (χ1v) is 13.5. The molecule has 5 nitrogen and oxygen atoms in total. The van der Waals surface area contributed by atoms with Crippen molar-refractivity contribution in [2.45, 2.75) is 0 Å². The van der Waals surface area contributed by atoms with Crippen molar-refractivity contribution < 1.29 is 4.74 Å². The highest BCUT2D eigenvalue weighted by atomic mass is 32.1. The minimum atomic E-state index is 0.756. The molecule has 0 aliphatic carbocycles. The maximum atomic E-state index is 6.32. The molecule has 4 aromatic heterocycles. The number of nitrogens with zero attached hydrogens (tertiary/aromatic N) is 4. The molecule has 0 saturated heterocycles. The number of ether oxygens (including phenoxy) is 1. The highest BCUT2D eigenvalue weighted by Gasteiger charge is 2.14. The van der Waals surface area contributed by atoms with E-state index >= 15 is 0 Å². The lowest BCUT2D eigenvalue weighted by atomic mass is 10.2.